The summed E-state index contributed by atoms with van der Waals surface area (Å²) >= 11 is 0. The molecular weight excluding hydrogens is 272 g/mol. The molecule has 2 rings (SSSR count). The lowest BCUT2D eigenvalue weighted by Crippen LogP contribution is -2.26. The molecule has 1 heterocycles. The van der Waals surface area contributed by atoms with Crippen LogP contribution < -0.4 is 5.56 Å². The van der Waals surface area contributed by atoms with E-state index in [2.05, 4.69) is 16.8 Å². The minimum Gasteiger partial charge on any atom is -0.480 e. The van der Waals surface area contributed by atoms with Crippen LogP contribution >= 0.6 is 0 Å². The van der Waals surface area contributed by atoms with Gasteiger partial charge < -0.3 is 9.84 Å². The number of carbonyl (C=O) groups is 1. The smallest absolute Gasteiger partial charge is 0.329 e. The zero-order chi connectivity index (χ0) is 15.2. The maximum absolute atomic E-state index is 12.4. The molecule has 0 spiro atoms. The fourth-order valence-electron chi connectivity index (χ4n) is 1.87. The monoisotopic (exact) mass is 286 g/mol. The van der Waals surface area contributed by atoms with Gasteiger partial charge in [-0.25, -0.2) is 9.78 Å². The van der Waals surface area contributed by atoms with Gasteiger partial charge in [0.25, 0.3) is 5.56 Å². The van der Waals surface area contributed by atoms with Crippen molar-refractivity contribution >= 4 is 16.9 Å². The minimum atomic E-state index is -1.07. The van der Waals surface area contributed by atoms with Gasteiger partial charge in [-0.1, -0.05) is 18.1 Å². The molecular formula is C15H14N2O4. The van der Waals surface area contributed by atoms with E-state index in [-0.39, 0.29) is 18.7 Å². The number of benzene rings is 1. The van der Waals surface area contributed by atoms with Crippen molar-refractivity contribution in [2.75, 3.05) is 6.61 Å². The second kappa shape index (κ2) is 6.68. The summed E-state index contributed by atoms with van der Waals surface area (Å²) in [5.74, 6) is 4.82. The van der Waals surface area contributed by atoms with Gasteiger partial charge in [-0.05, 0) is 19.1 Å². The third kappa shape index (κ3) is 3.46. The summed E-state index contributed by atoms with van der Waals surface area (Å²) in [5.41, 5.74) is 0.342. The second-order valence-electron chi connectivity index (χ2n) is 4.25. The number of hydrogen-bond acceptors (Lipinski definition) is 4. The number of aromatic nitrogens is 2. The van der Waals surface area contributed by atoms with Crippen molar-refractivity contribution < 1.29 is 14.6 Å². The molecule has 0 aliphatic heterocycles. The Kier molecular flexibility index (Phi) is 4.69. The van der Waals surface area contributed by atoms with Crippen LogP contribution in [0.2, 0.25) is 0 Å². The van der Waals surface area contributed by atoms with Gasteiger partial charge in [0.2, 0.25) is 0 Å². The maximum atomic E-state index is 12.4. The van der Waals surface area contributed by atoms with Crippen LogP contribution in [0, 0.1) is 11.8 Å². The van der Waals surface area contributed by atoms with Gasteiger partial charge in [0, 0.05) is 0 Å². The Labute approximate surface area is 121 Å². The van der Waals surface area contributed by atoms with Gasteiger partial charge in [-0.3, -0.25) is 9.36 Å². The number of ether oxygens (including phenoxy) is 1. The third-order valence-electron chi connectivity index (χ3n) is 2.81. The molecule has 108 valence electrons. The maximum Gasteiger partial charge on any atom is 0.329 e. The Bertz CT molecular complexity index is 784. The minimum absolute atomic E-state index is 0.0578. The van der Waals surface area contributed by atoms with E-state index in [1.165, 1.54) is 4.57 Å². The molecule has 0 atom stereocenters. The topological polar surface area (TPSA) is 81.4 Å². The first-order valence-corrected chi connectivity index (χ1v) is 6.31. The van der Waals surface area contributed by atoms with Crippen molar-refractivity contribution in [1.82, 2.24) is 9.55 Å². The summed E-state index contributed by atoms with van der Waals surface area (Å²) < 4.78 is 6.44. The number of fused-ring (bicyclic) bond motifs is 1. The molecule has 0 saturated carbocycles. The van der Waals surface area contributed by atoms with Crippen LogP contribution in [-0.2, 0) is 22.7 Å². The normalized spacial score (nSPS) is 10.1. The largest absolute Gasteiger partial charge is 0.480 e. The van der Waals surface area contributed by atoms with Gasteiger partial charge in [0.15, 0.2) is 0 Å². The van der Waals surface area contributed by atoms with Gasteiger partial charge in [0.1, 0.15) is 19.0 Å². The molecule has 1 N–H and O–H groups in total. The average Bonchev–Trinajstić information content (AvgIpc) is 2.46. The lowest BCUT2D eigenvalue weighted by Gasteiger charge is -2.11. The van der Waals surface area contributed by atoms with Crippen LogP contribution in [0.5, 0.6) is 0 Å². The first kappa shape index (κ1) is 14.8. The van der Waals surface area contributed by atoms with E-state index in [0.717, 1.165) is 0 Å². The molecule has 0 aliphatic rings. The predicted molar refractivity (Wildman–Crippen MR) is 76.7 cm³/mol. The number of nitrogens with zero attached hydrogens (tertiary/aromatic N) is 2. The fourth-order valence-corrected chi connectivity index (χ4v) is 1.87. The Morgan fingerprint density at radius 1 is 1.43 bits per heavy atom. The summed E-state index contributed by atoms with van der Waals surface area (Å²) in [5, 5.41) is 9.09. The van der Waals surface area contributed by atoms with Crippen molar-refractivity contribution in [2.45, 2.75) is 20.1 Å². The van der Waals surface area contributed by atoms with Crippen molar-refractivity contribution in [3.05, 3.63) is 40.4 Å². The molecule has 0 fully saturated rings. The second-order valence-corrected chi connectivity index (χ2v) is 4.25. The van der Waals surface area contributed by atoms with Crippen molar-refractivity contribution in [3.8, 4) is 11.8 Å². The van der Waals surface area contributed by atoms with E-state index in [0.29, 0.717) is 16.7 Å². The number of aliphatic carboxylic acids is 1. The van der Waals surface area contributed by atoms with Crippen LogP contribution in [0.25, 0.3) is 10.9 Å². The third-order valence-corrected chi connectivity index (χ3v) is 2.81. The molecule has 0 aliphatic carbocycles. The standard InChI is InChI=1S/C15H14N2O4/c1-2-3-8-17-13(9-21-10-14(18)19)16-12-7-5-4-6-11(12)15(17)20/h4-7H,8-10H2,1H3,(H,18,19). The summed E-state index contributed by atoms with van der Waals surface area (Å²) in [6, 6.07) is 6.98. The van der Waals surface area contributed by atoms with E-state index in [4.69, 9.17) is 9.84 Å². The van der Waals surface area contributed by atoms with E-state index >= 15 is 0 Å². The van der Waals surface area contributed by atoms with E-state index in [1.54, 1.807) is 31.2 Å². The highest BCUT2D eigenvalue weighted by molar-refractivity contribution is 5.77. The zero-order valence-corrected chi connectivity index (χ0v) is 11.5. The molecule has 2 aromatic rings. The molecule has 0 saturated heterocycles. The first-order valence-electron chi connectivity index (χ1n) is 6.31. The molecule has 0 radical (unpaired) electrons. The van der Waals surface area contributed by atoms with Crippen LogP contribution in [-0.4, -0.2) is 27.2 Å². The fraction of sp³-hybridized carbons (Fsp3) is 0.267. The van der Waals surface area contributed by atoms with Crippen LogP contribution in [0.15, 0.2) is 29.1 Å². The molecule has 6 nitrogen and oxygen atoms in total. The predicted octanol–water partition coefficient (Wildman–Crippen LogP) is 1.02. The van der Waals surface area contributed by atoms with Crippen LogP contribution in [0.3, 0.4) is 0 Å². The molecule has 1 aromatic carbocycles. The first-order chi connectivity index (χ1) is 10.1. The highest BCUT2D eigenvalue weighted by atomic mass is 16.5. The number of carboxylic acid groups (broad SMARTS) is 1. The van der Waals surface area contributed by atoms with Gasteiger partial charge >= 0.3 is 5.97 Å². The van der Waals surface area contributed by atoms with Crippen molar-refractivity contribution in [3.63, 3.8) is 0 Å². The lowest BCUT2D eigenvalue weighted by atomic mass is 10.2. The van der Waals surface area contributed by atoms with E-state index < -0.39 is 12.6 Å². The van der Waals surface area contributed by atoms with Crippen LogP contribution in [0.4, 0.5) is 0 Å². The summed E-state index contributed by atoms with van der Waals surface area (Å²) in [6.07, 6.45) is 0. The Morgan fingerprint density at radius 2 is 2.19 bits per heavy atom. The molecule has 0 unspecified atom stereocenters. The summed E-state index contributed by atoms with van der Waals surface area (Å²) in [7, 11) is 0. The average molecular weight is 286 g/mol. The number of carboxylic acids is 1. The SMILES string of the molecule is CC#CCn1c(COCC(=O)O)nc2ccccc2c1=O. The Balaban J connectivity index is 2.46. The highest BCUT2D eigenvalue weighted by Gasteiger charge is 2.10. The Hall–Kier alpha value is -2.65. The zero-order valence-electron chi connectivity index (χ0n) is 11.5. The highest BCUT2D eigenvalue weighted by Crippen LogP contribution is 2.08. The lowest BCUT2D eigenvalue weighted by molar-refractivity contribution is -0.142. The van der Waals surface area contributed by atoms with E-state index in [9.17, 15) is 9.59 Å². The number of rotatable bonds is 5. The van der Waals surface area contributed by atoms with E-state index in [1.807, 2.05) is 0 Å². The van der Waals surface area contributed by atoms with Crippen LogP contribution in [0.1, 0.15) is 12.7 Å². The number of para-hydroxylation sites is 1. The number of hydrogen-bond donors (Lipinski definition) is 1. The quantitative estimate of drug-likeness (QED) is 0.830. The van der Waals surface area contributed by atoms with Gasteiger partial charge in [-0.15, -0.1) is 5.92 Å². The Morgan fingerprint density at radius 3 is 2.90 bits per heavy atom. The van der Waals surface area contributed by atoms with Crippen molar-refractivity contribution in [1.29, 1.82) is 0 Å². The molecule has 6 heteroatoms. The molecule has 0 bridgehead atoms. The van der Waals surface area contributed by atoms with Gasteiger partial charge in [-0.2, -0.15) is 0 Å². The van der Waals surface area contributed by atoms with Crippen molar-refractivity contribution in [2.24, 2.45) is 0 Å². The molecule has 21 heavy (non-hydrogen) atoms. The summed E-state index contributed by atoms with van der Waals surface area (Å²) in [4.78, 5) is 27.3. The molecule has 0 amide bonds. The molecule has 1 aromatic heterocycles. The van der Waals surface area contributed by atoms with Gasteiger partial charge in [0.05, 0.1) is 17.4 Å². The summed E-state index contributed by atoms with van der Waals surface area (Å²) in [6.45, 7) is 1.37.